The van der Waals surface area contributed by atoms with E-state index in [0.717, 1.165) is 19.5 Å². The number of nitrogens with one attached hydrogen (secondary N) is 1. The third kappa shape index (κ3) is 3.69. The van der Waals surface area contributed by atoms with Crippen LogP contribution in [-0.4, -0.2) is 51.8 Å². The van der Waals surface area contributed by atoms with Gasteiger partial charge in [0.25, 0.3) is 0 Å². The third-order valence-corrected chi connectivity index (χ3v) is 5.19. The fourth-order valence-electron chi connectivity index (χ4n) is 2.06. The largest absolute Gasteiger partial charge is 0.329 e. The first-order chi connectivity index (χ1) is 7.49. The van der Waals surface area contributed by atoms with E-state index in [4.69, 9.17) is 5.73 Å². The van der Waals surface area contributed by atoms with Crippen LogP contribution in [0.4, 0.5) is 0 Å². The molecule has 1 saturated heterocycles. The molecule has 0 aromatic rings. The second kappa shape index (κ2) is 5.95. The lowest BCUT2D eigenvalue weighted by atomic mass is 10.1. The van der Waals surface area contributed by atoms with Crippen LogP contribution in [0.2, 0.25) is 0 Å². The molecular weight excluding hydrogens is 226 g/mol. The molecule has 1 rings (SSSR count). The second-order valence-electron chi connectivity index (χ2n) is 4.58. The van der Waals surface area contributed by atoms with Crippen LogP contribution in [0.5, 0.6) is 0 Å². The molecule has 0 amide bonds. The van der Waals surface area contributed by atoms with Crippen molar-refractivity contribution in [1.82, 2.24) is 9.62 Å². The van der Waals surface area contributed by atoms with Crippen LogP contribution in [0, 0.1) is 5.92 Å². The van der Waals surface area contributed by atoms with Crippen LogP contribution in [0.3, 0.4) is 0 Å². The van der Waals surface area contributed by atoms with Crippen molar-refractivity contribution in [3.8, 4) is 0 Å². The van der Waals surface area contributed by atoms with Gasteiger partial charge in [0.1, 0.15) is 0 Å². The van der Waals surface area contributed by atoms with Gasteiger partial charge in [0.15, 0.2) is 0 Å². The lowest BCUT2D eigenvalue weighted by Gasteiger charge is -2.17. The summed E-state index contributed by atoms with van der Waals surface area (Å²) < 4.78 is 26.3. The van der Waals surface area contributed by atoms with Gasteiger partial charge in [-0.2, -0.15) is 0 Å². The fourth-order valence-corrected chi connectivity index (χ4v) is 3.45. The van der Waals surface area contributed by atoms with Crippen molar-refractivity contribution in [2.24, 2.45) is 11.7 Å². The summed E-state index contributed by atoms with van der Waals surface area (Å²) in [5.41, 5.74) is 5.45. The molecule has 6 heteroatoms. The normalized spacial score (nSPS) is 24.8. The maximum absolute atomic E-state index is 11.8. The van der Waals surface area contributed by atoms with E-state index in [0.29, 0.717) is 18.9 Å². The van der Waals surface area contributed by atoms with Crippen molar-refractivity contribution in [2.75, 3.05) is 33.2 Å². The Balaban J connectivity index is 2.41. The highest BCUT2D eigenvalue weighted by Crippen LogP contribution is 2.14. The summed E-state index contributed by atoms with van der Waals surface area (Å²) in [7, 11) is -1.16. The van der Waals surface area contributed by atoms with Gasteiger partial charge < -0.3 is 10.6 Å². The van der Waals surface area contributed by atoms with Crippen molar-refractivity contribution in [3.63, 3.8) is 0 Å². The van der Waals surface area contributed by atoms with E-state index in [9.17, 15) is 8.42 Å². The molecule has 1 aliphatic rings. The number of nitrogens with two attached hydrogens (primary N) is 1. The maximum atomic E-state index is 11.8. The van der Waals surface area contributed by atoms with E-state index in [1.807, 2.05) is 6.92 Å². The first-order valence-electron chi connectivity index (χ1n) is 5.86. The highest BCUT2D eigenvalue weighted by atomic mass is 32.2. The van der Waals surface area contributed by atoms with E-state index >= 15 is 0 Å². The summed E-state index contributed by atoms with van der Waals surface area (Å²) in [6.45, 7) is 4.61. The molecule has 1 fully saturated rings. The number of hydrogen-bond acceptors (Lipinski definition) is 4. The minimum absolute atomic E-state index is 0.191. The summed E-state index contributed by atoms with van der Waals surface area (Å²) in [5.74, 6) is 0.440. The average Bonchev–Trinajstić information content (AvgIpc) is 2.63. The van der Waals surface area contributed by atoms with Crippen LogP contribution < -0.4 is 10.5 Å². The van der Waals surface area contributed by atoms with Gasteiger partial charge in [-0.3, -0.25) is 0 Å². The standard InChI is InChI=1S/C10H23N3O2S/c1-3-10(6-11)16(14,15)12-7-9-4-5-13(2)8-9/h9-10,12H,3-8,11H2,1-2H3. The molecule has 5 nitrogen and oxygen atoms in total. The third-order valence-electron chi connectivity index (χ3n) is 3.22. The Morgan fingerprint density at radius 1 is 1.56 bits per heavy atom. The number of rotatable bonds is 6. The Bertz CT molecular complexity index is 301. The molecule has 0 saturated carbocycles. The molecule has 1 aliphatic heterocycles. The van der Waals surface area contributed by atoms with Crippen LogP contribution >= 0.6 is 0 Å². The molecule has 96 valence electrons. The number of likely N-dealkylation sites (tertiary alicyclic amines) is 1. The van der Waals surface area contributed by atoms with Crippen molar-refractivity contribution in [1.29, 1.82) is 0 Å². The lowest BCUT2D eigenvalue weighted by molar-refractivity contribution is 0.394. The van der Waals surface area contributed by atoms with Gasteiger partial charge in [0.05, 0.1) is 5.25 Å². The molecule has 0 aliphatic carbocycles. The number of hydrogen-bond donors (Lipinski definition) is 2. The Hall–Kier alpha value is -0.170. The van der Waals surface area contributed by atoms with E-state index in [1.54, 1.807) is 0 Å². The Morgan fingerprint density at radius 3 is 2.69 bits per heavy atom. The van der Waals surface area contributed by atoms with Gasteiger partial charge in [-0.1, -0.05) is 6.92 Å². The van der Waals surface area contributed by atoms with Gasteiger partial charge in [0.2, 0.25) is 10.0 Å². The fraction of sp³-hybridized carbons (Fsp3) is 1.00. The summed E-state index contributed by atoms with van der Waals surface area (Å²) in [6.07, 6.45) is 1.63. The minimum atomic E-state index is -3.22. The predicted molar refractivity (Wildman–Crippen MR) is 65.7 cm³/mol. The van der Waals surface area contributed by atoms with Crippen molar-refractivity contribution in [3.05, 3.63) is 0 Å². The molecule has 0 aromatic carbocycles. The van der Waals surface area contributed by atoms with Gasteiger partial charge in [0, 0.05) is 19.6 Å². The van der Waals surface area contributed by atoms with Crippen molar-refractivity contribution in [2.45, 2.75) is 25.0 Å². The molecule has 0 aromatic heterocycles. The van der Waals surface area contributed by atoms with Crippen LogP contribution in [0.1, 0.15) is 19.8 Å². The maximum Gasteiger partial charge on any atom is 0.215 e. The smallest absolute Gasteiger partial charge is 0.215 e. The van der Waals surface area contributed by atoms with Crippen LogP contribution in [0.25, 0.3) is 0 Å². The van der Waals surface area contributed by atoms with E-state index in [2.05, 4.69) is 16.7 Å². The zero-order valence-corrected chi connectivity index (χ0v) is 11.0. The minimum Gasteiger partial charge on any atom is -0.329 e. The SMILES string of the molecule is CCC(CN)S(=O)(=O)NCC1CCN(C)C1. The number of nitrogens with zero attached hydrogens (tertiary/aromatic N) is 1. The second-order valence-corrected chi connectivity index (χ2v) is 6.62. The summed E-state index contributed by atoms with van der Waals surface area (Å²) in [5, 5.41) is -0.452. The molecule has 0 spiro atoms. The van der Waals surface area contributed by atoms with Crippen LogP contribution in [-0.2, 0) is 10.0 Å². The molecule has 3 N–H and O–H groups in total. The zero-order valence-electron chi connectivity index (χ0n) is 10.1. The first-order valence-corrected chi connectivity index (χ1v) is 7.41. The van der Waals surface area contributed by atoms with E-state index in [1.165, 1.54) is 0 Å². The summed E-state index contributed by atoms with van der Waals surface area (Å²) in [6, 6.07) is 0. The van der Waals surface area contributed by atoms with Crippen LogP contribution in [0.15, 0.2) is 0 Å². The first kappa shape index (κ1) is 13.9. The molecule has 2 atom stereocenters. The molecule has 0 bridgehead atoms. The highest BCUT2D eigenvalue weighted by molar-refractivity contribution is 7.90. The topological polar surface area (TPSA) is 75.4 Å². The Kier molecular flexibility index (Phi) is 5.17. The van der Waals surface area contributed by atoms with Gasteiger partial charge >= 0.3 is 0 Å². The summed E-state index contributed by atoms with van der Waals surface area (Å²) >= 11 is 0. The summed E-state index contributed by atoms with van der Waals surface area (Å²) in [4.78, 5) is 2.22. The predicted octanol–water partition coefficient (Wildman–Crippen LogP) is -0.405. The van der Waals surface area contributed by atoms with Crippen molar-refractivity contribution < 1.29 is 8.42 Å². The van der Waals surface area contributed by atoms with E-state index in [-0.39, 0.29) is 6.54 Å². The molecule has 2 unspecified atom stereocenters. The van der Waals surface area contributed by atoms with Crippen molar-refractivity contribution >= 4 is 10.0 Å². The zero-order chi connectivity index (χ0) is 12.2. The molecule has 1 heterocycles. The average molecular weight is 249 g/mol. The van der Waals surface area contributed by atoms with Gasteiger partial charge in [-0.25, -0.2) is 13.1 Å². The quantitative estimate of drug-likeness (QED) is 0.671. The lowest BCUT2D eigenvalue weighted by Crippen LogP contribution is -2.40. The Morgan fingerprint density at radius 2 is 2.25 bits per heavy atom. The highest BCUT2D eigenvalue weighted by Gasteiger charge is 2.25. The molecule has 16 heavy (non-hydrogen) atoms. The monoisotopic (exact) mass is 249 g/mol. The molecular formula is C10H23N3O2S. The molecule has 0 radical (unpaired) electrons. The van der Waals surface area contributed by atoms with Gasteiger partial charge in [-0.15, -0.1) is 0 Å². The Labute approximate surface area is 98.4 Å². The number of sulfonamides is 1. The van der Waals surface area contributed by atoms with E-state index < -0.39 is 15.3 Å². The van der Waals surface area contributed by atoms with Gasteiger partial charge in [-0.05, 0) is 32.4 Å².